The standard InChI is InChI=1S/C21H32O5/c1-2-3-4-5-6-7-8-9-10-11-12-13-16-19(22)18(21(25)26)15-14-17-20(23)24/h6-7,9-13,16,18-19,22H,2-5,8,14-15,17H2,1H3,(H,23,24)(H,25,26)/b7-6-,10-9+,12-11+,16-13+/t18-,19+/m0/s1. The largest absolute Gasteiger partial charge is 0.481 e. The summed E-state index contributed by atoms with van der Waals surface area (Å²) in [5.74, 6) is -3.08. The Morgan fingerprint density at radius 2 is 1.65 bits per heavy atom. The van der Waals surface area contributed by atoms with Gasteiger partial charge in [0.15, 0.2) is 0 Å². The van der Waals surface area contributed by atoms with Gasteiger partial charge in [0.1, 0.15) is 0 Å². The van der Waals surface area contributed by atoms with Crippen molar-refractivity contribution in [2.45, 2.75) is 64.4 Å². The molecule has 0 aromatic carbocycles. The van der Waals surface area contributed by atoms with Gasteiger partial charge in [0.25, 0.3) is 0 Å². The number of carbonyl (C=O) groups is 2. The number of allylic oxidation sites excluding steroid dienone is 7. The van der Waals surface area contributed by atoms with Crippen molar-refractivity contribution in [3.05, 3.63) is 48.6 Å². The van der Waals surface area contributed by atoms with Crippen LogP contribution in [0.15, 0.2) is 48.6 Å². The molecule has 0 heterocycles. The van der Waals surface area contributed by atoms with Crippen LogP contribution < -0.4 is 0 Å². The van der Waals surface area contributed by atoms with E-state index >= 15 is 0 Å². The zero-order valence-electron chi connectivity index (χ0n) is 15.6. The Morgan fingerprint density at radius 1 is 0.923 bits per heavy atom. The third-order valence-corrected chi connectivity index (χ3v) is 3.83. The Bertz CT molecular complexity index is 503. The van der Waals surface area contributed by atoms with Crippen LogP contribution in [0.5, 0.6) is 0 Å². The molecule has 0 radical (unpaired) electrons. The lowest BCUT2D eigenvalue weighted by molar-refractivity contribution is -0.145. The van der Waals surface area contributed by atoms with E-state index in [2.05, 4.69) is 19.1 Å². The summed E-state index contributed by atoms with van der Waals surface area (Å²) in [6.45, 7) is 2.19. The number of hydrogen-bond acceptors (Lipinski definition) is 3. The van der Waals surface area contributed by atoms with E-state index in [0.29, 0.717) is 0 Å². The number of carboxylic acid groups (broad SMARTS) is 2. The summed E-state index contributed by atoms with van der Waals surface area (Å²) in [6.07, 6.45) is 19.6. The molecule has 2 atom stereocenters. The molecule has 0 aliphatic carbocycles. The van der Waals surface area contributed by atoms with Crippen LogP contribution in [0.4, 0.5) is 0 Å². The van der Waals surface area contributed by atoms with E-state index in [1.807, 2.05) is 18.2 Å². The summed E-state index contributed by atoms with van der Waals surface area (Å²) in [4.78, 5) is 21.6. The molecule has 0 aromatic rings. The molecule has 5 nitrogen and oxygen atoms in total. The molecule has 5 heteroatoms. The van der Waals surface area contributed by atoms with E-state index < -0.39 is 24.0 Å². The Labute approximate surface area is 156 Å². The highest BCUT2D eigenvalue weighted by molar-refractivity contribution is 5.71. The molecule has 0 fully saturated rings. The summed E-state index contributed by atoms with van der Waals surface area (Å²) in [5.41, 5.74) is 0. The van der Waals surface area contributed by atoms with Gasteiger partial charge in [-0.1, -0.05) is 68.4 Å². The maximum atomic E-state index is 11.2. The number of carboxylic acids is 2. The van der Waals surface area contributed by atoms with E-state index in [4.69, 9.17) is 10.2 Å². The first-order valence-corrected chi connectivity index (χ1v) is 9.26. The van der Waals surface area contributed by atoms with Crippen molar-refractivity contribution in [2.75, 3.05) is 0 Å². The predicted octanol–water partition coefficient (Wildman–Crippen LogP) is 4.50. The summed E-state index contributed by atoms with van der Waals surface area (Å²) < 4.78 is 0. The van der Waals surface area contributed by atoms with Crippen molar-refractivity contribution >= 4 is 11.9 Å². The quantitative estimate of drug-likeness (QED) is 0.226. The van der Waals surface area contributed by atoms with Crippen LogP contribution in [-0.4, -0.2) is 33.4 Å². The molecule has 0 unspecified atom stereocenters. The van der Waals surface area contributed by atoms with Crippen LogP contribution in [0.1, 0.15) is 58.3 Å². The van der Waals surface area contributed by atoms with Crippen LogP contribution in [0, 0.1) is 5.92 Å². The van der Waals surface area contributed by atoms with Gasteiger partial charge >= 0.3 is 11.9 Å². The third-order valence-electron chi connectivity index (χ3n) is 3.83. The number of aliphatic hydroxyl groups excluding tert-OH is 1. The average molecular weight is 364 g/mol. The molecular formula is C21H32O5. The molecule has 146 valence electrons. The molecule has 26 heavy (non-hydrogen) atoms. The Balaban J connectivity index is 4.14. The first-order valence-electron chi connectivity index (χ1n) is 9.26. The van der Waals surface area contributed by atoms with Crippen molar-refractivity contribution in [2.24, 2.45) is 5.92 Å². The van der Waals surface area contributed by atoms with E-state index in [1.165, 1.54) is 25.3 Å². The van der Waals surface area contributed by atoms with Crippen LogP contribution in [0.3, 0.4) is 0 Å². The third kappa shape index (κ3) is 14.2. The fraction of sp³-hybridized carbons (Fsp3) is 0.524. The molecular weight excluding hydrogens is 332 g/mol. The van der Waals surface area contributed by atoms with E-state index in [9.17, 15) is 14.7 Å². The number of hydrogen-bond donors (Lipinski definition) is 3. The van der Waals surface area contributed by atoms with Crippen molar-refractivity contribution in [3.63, 3.8) is 0 Å². The van der Waals surface area contributed by atoms with Gasteiger partial charge in [-0.25, -0.2) is 0 Å². The van der Waals surface area contributed by atoms with Crippen molar-refractivity contribution in [1.29, 1.82) is 0 Å². The molecule has 0 aliphatic heterocycles. The molecule has 0 saturated heterocycles. The highest BCUT2D eigenvalue weighted by atomic mass is 16.4. The van der Waals surface area contributed by atoms with Crippen LogP contribution >= 0.6 is 0 Å². The lowest BCUT2D eigenvalue weighted by Gasteiger charge is -2.15. The van der Waals surface area contributed by atoms with Gasteiger partial charge in [-0.3, -0.25) is 9.59 Å². The summed E-state index contributed by atoms with van der Waals surface area (Å²) in [6, 6.07) is 0. The fourth-order valence-electron chi connectivity index (χ4n) is 2.32. The first-order chi connectivity index (χ1) is 12.5. The Morgan fingerprint density at radius 3 is 2.31 bits per heavy atom. The number of unbranched alkanes of at least 4 members (excludes halogenated alkanes) is 3. The Hall–Kier alpha value is -2.14. The lowest BCUT2D eigenvalue weighted by atomic mass is 9.95. The van der Waals surface area contributed by atoms with Gasteiger partial charge < -0.3 is 15.3 Å². The predicted molar refractivity (Wildman–Crippen MR) is 104 cm³/mol. The minimum atomic E-state index is -1.14. The molecule has 0 rings (SSSR count). The molecule has 0 spiro atoms. The van der Waals surface area contributed by atoms with Crippen LogP contribution in [0.2, 0.25) is 0 Å². The Kier molecular flexibility index (Phi) is 15.0. The van der Waals surface area contributed by atoms with Crippen LogP contribution in [-0.2, 0) is 9.59 Å². The van der Waals surface area contributed by atoms with Gasteiger partial charge in [-0.15, -0.1) is 0 Å². The molecule has 0 aromatic heterocycles. The second-order valence-corrected chi connectivity index (χ2v) is 6.12. The number of aliphatic carboxylic acids is 2. The average Bonchev–Trinajstić information content (AvgIpc) is 2.59. The number of rotatable bonds is 15. The summed E-state index contributed by atoms with van der Waals surface area (Å²) >= 11 is 0. The minimum Gasteiger partial charge on any atom is -0.481 e. The van der Waals surface area contributed by atoms with Gasteiger partial charge in [-0.2, -0.15) is 0 Å². The van der Waals surface area contributed by atoms with Gasteiger partial charge in [0.2, 0.25) is 0 Å². The molecule has 0 saturated carbocycles. The van der Waals surface area contributed by atoms with Crippen LogP contribution in [0.25, 0.3) is 0 Å². The zero-order valence-corrected chi connectivity index (χ0v) is 15.6. The van der Waals surface area contributed by atoms with E-state index in [0.717, 1.165) is 12.8 Å². The van der Waals surface area contributed by atoms with E-state index in [1.54, 1.807) is 12.2 Å². The zero-order chi connectivity index (χ0) is 19.6. The van der Waals surface area contributed by atoms with Gasteiger partial charge in [0, 0.05) is 6.42 Å². The topological polar surface area (TPSA) is 94.8 Å². The van der Waals surface area contributed by atoms with Crippen molar-refractivity contribution < 1.29 is 24.9 Å². The lowest BCUT2D eigenvalue weighted by Crippen LogP contribution is -2.26. The normalized spacial score (nSPS) is 14.7. The molecule has 3 N–H and O–H groups in total. The summed E-state index contributed by atoms with van der Waals surface area (Å²) in [5, 5.41) is 27.6. The monoisotopic (exact) mass is 364 g/mol. The summed E-state index contributed by atoms with van der Waals surface area (Å²) in [7, 11) is 0. The molecule has 0 amide bonds. The maximum Gasteiger partial charge on any atom is 0.309 e. The minimum absolute atomic E-state index is 0.0992. The smallest absolute Gasteiger partial charge is 0.309 e. The second-order valence-electron chi connectivity index (χ2n) is 6.12. The van der Waals surface area contributed by atoms with Gasteiger partial charge in [-0.05, 0) is 32.1 Å². The maximum absolute atomic E-state index is 11.2. The van der Waals surface area contributed by atoms with Crippen molar-refractivity contribution in [3.8, 4) is 0 Å². The van der Waals surface area contributed by atoms with Crippen molar-refractivity contribution in [1.82, 2.24) is 0 Å². The SMILES string of the molecule is CCCCC/C=C\C/C=C/C=C/C=C/[C@@H](O)[C@H](CCCC(=O)O)C(=O)O. The molecule has 0 aliphatic rings. The first kappa shape index (κ1) is 23.9. The number of aliphatic hydroxyl groups is 1. The van der Waals surface area contributed by atoms with E-state index in [-0.39, 0.29) is 19.3 Å². The highest BCUT2D eigenvalue weighted by Gasteiger charge is 2.24. The molecule has 0 bridgehead atoms. The fourth-order valence-corrected chi connectivity index (χ4v) is 2.32. The second kappa shape index (κ2) is 16.3. The van der Waals surface area contributed by atoms with Gasteiger partial charge in [0.05, 0.1) is 12.0 Å². The highest BCUT2D eigenvalue weighted by Crippen LogP contribution is 2.15.